The number of benzene rings is 2. The number of aryl methyl sites for hydroxylation is 1. The maximum absolute atomic E-state index is 12.6. The van der Waals surface area contributed by atoms with Gasteiger partial charge in [0.2, 0.25) is 5.91 Å². The Hall–Kier alpha value is -3.45. The summed E-state index contributed by atoms with van der Waals surface area (Å²) < 4.78 is 5.95. The number of carbonyl (C=O) groups is 2. The first kappa shape index (κ1) is 20.8. The SMILES string of the molecule is Cc1cc(COc2ccc(C(=O)N[C@@H]3CCC[C@H]3C(=O)NO)cc2)c2ccccc2n1. The standard InChI is InChI=1S/C24H25N3O4/c1-15-13-17(19-5-2-3-7-21(19)25-15)14-31-18-11-9-16(10-12-18)23(28)26-22-8-4-6-20(22)24(29)27-30/h2-3,5,7,9-13,20,22,30H,4,6,8,14H2,1H3,(H,26,28)(H,27,29)/t20-,22-/m1/s1. The Morgan fingerprint density at radius 2 is 1.90 bits per heavy atom. The molecule has 0 aliphatic heterocycles. The Morgan fingerprint density at radius 3 is 2.68 bits per heavy atom. The van der Waals surface area contributed by atoms with Gasteiger partial charge in [0, 0.05) is 28.2 Å². The number of hydroxylamine groups is 1. The molecule has 31 heavy (non-hydrogen) atoms. The number of amides is 2. The van der Waals surface area contributed by atoms with Crippen molar-refractivity contribution in [2.75, 3.05) is 0 Å². The zero-order chi connectivity index (χ0) is 21.8. The summed E-state index contributed by atoms with van der Waals surface area (Å²) in [6.45, 7) is 2.36. The lowest BCUT2D eigenvalue weighted by atomic mass is 10.0. The van der Waals surface area contributed by atoms with Crippen molar-refractivity contribution in [3.8, 4) is 5.75 Å². The number of pyridine rings is 1. The van der Waals surface area contributed by atoms with Crippen LogP contribution in [0.1, 0.15) is 40.9 Å². The first-order chi connectivity index (χ1) is 15.0. The van der Waals surface area contributed by atoms with Gasteiger partial charge in [0.1, 0.15) is 12.4 Å². The Kier molecular flexibility index (Phi) is 6.13. The summed E-state index contributed by atoms with van der Waals surface area (Å²) in [5.74, 6) is -0.445. The highest BCUT2D eigenvalue weighted by molar-refractivity contribution is 5.95. The van der Waals surface area contributed by atoms with Crippen molar-refractivity contribution >= 4 is 22.7 Å². The Labute approximate surface area is 180 Å². The number of rotatable bonds is 6. The van der Waals surface area contributed by atoms with Crippen molar-refractivity contribution in [1.82, 2.24) is 15.8 Å². The van der Waals surface area contributed by atoms with E-state index in [1.165, 1.54) is 0 Å². The molecule has 1 aliphatic rings. The van der Waals surface area contributed by atoms with Gasteiger partial charge in [0.05, 0.1) is 11.4 Å². The highest BCUT2D eigenvalue weighted by Gasteiger charge is 2.34. The molecule has 0 bridgehead atoms. The fourth-order valence-electron chi connectivity index (χ4n) is 4.16. The highest BCUT2D eigenvalue weighted by atomic mass is 16.5. The Morgan fingerprint density at radius 1 is 1.13 bits per heavy atom. The van der Waals surface area contributed by atoms with E-state index < -0.39 is 11.8 Å². The topological polar surface area (TPSA) is 101 Å². The van der Waals surface area contributed by atoms with E-state index in [9.17, 15) is 9.59 Å². The van der Waals surface area contributed by atoms with Gasteiger partial charge in [-0.25, -0.2) is 5.48 Å². The molecule has 1 fully saturated rings. The van der Waals surface area contributed by atoms with E-state index in [1.807, 2.05) is 37.3 Å². The zero-order valence-electron chi connectivity index (χ0n) is 17.3. The summed E-state index contributed by atoms with van der Waals surface area (Å²) in [5.41, 5.74) is 5.11. The van der Waals surface area contributed by atoms with E-state index in [0.717, 1.165) is 28.6 Å². The lowest BCUT2D eigenvalue weighted by Gasteiger charge is -2.19. The van der Waals surface area contributed by atoms with Gasteiger partial charge in [0.15, 0.2) is 0 Å². The highest BCUT2D eigenvalue weighted by Crippen LogP contribution is 2.26. The van der Waals surface area contributed by atoms with E-state index in [-0.39, 0.29) is 11.9 Å². The van der Waals surface area contributed by atoms with Crippen molar-refractivity contribution in [2.24, 2.45) is 5.92 Å². The number of nitrogens with zero attached hydrogens (tertiary/aromatic N) is 1. The van der Waals surface area contributed by atoms with Gasteiger partial charge in [-0.15, -0.1) is 0 Å². The molecule has 0 spiro atoms. The van der Waals surface area contributed by atoms with Gasteiger partial charge in [-0.1, -0.05) is 24.6 Å². The van der Waals surface area contributed by atoms with Gasteiger partial charge in [-0.3, -0.25) is 19.8 Å². The van der Waals surface area contributed by atoms with Crippen LogP contribution in [0.2, 0.25) is 0 Å². The quantitative estimate of drug-likeness (QED) is 0.419. The Balaban J connectivity index is 1.40. The minimum absolute atomic E-state index is 0.245. The lowest BCUT2D eigenvalue weighted by Crippen LogP contribution is -2.43. The van der Waals surface area contributed by atoms with Crippen molar-refractivity contribution < 1.29 is 19.5 Å². The number of para-hydroxylation sites is 1. The normalized spacial score (nSPS) is 18.0. The molecule has 1 aliphatic carbocycles. The fraction of sp³-hybridized carbons (Fsp3) is 0.292. The van der Waals surface area contributed by atoms with Crippen LogP contribution in [0, 0.1) is 12.8 Å². The number of fused-ring (bicyclic) bond motifs is 1. The third-order valence-corrected chi connectivity index (χ3v) is 5.72. The van der Waals surface area contributed by atoms with Crippen LogP contribution in [0.25, 0.3) is 10.9 Å². The summed E-state index contributed by atoms with van der Waals surface area (Å²) in [6.07, 6.45) is 2.19. The molecule has 2 amide bonds. The lowest BCUT2D eigenvalue weighted by molar-refractivity contribution is -0.133. The molecule has 3 aromatic rings. The van der Waals surface area contributed by atoms with Crippen molar-refractivity contribution in [3.05, 3.63) is 71.4 Å². The van der Waals surface area contributed by atoms with Crippen molar-refractivity contribution in [1.29, 1.82) is 0 Å². The molecule has 3 N–H and O–H groups in total. The van der Waals surface area contributed by atoms with Crippen LogP contribution in [-0.4, -0.2) is 28.0 Å². The maximum Gasteiger partial charge on any atom is 0.251 e. The van der Waals surface area contributed by atoms with Crippen LogP contribution >= 0.6 is 0 Å². The Bertz CT molecular complexity index is 1100. The van der Waals surface area contributed by atoms with Gasteiger partial charge < -0.3 is 10.1 Å². The molecule has 2 atom stereocenters. The number of hydrogen-bond acceptors (Lipinski definition) is 5. The molecule has 0 unspecified atom stereocenters. The van der Waals surface area contributed by atoms with E-state index in [0.29, 0.717) is 30.8 Å². The average Bonchev–Trinajstić information content (AvgIpc) is 3.25. The van der Waals surface area contributed by atoms with E-state index in [1.54, 1.807) is 29.7 Å². The molecule has 1 heterocycles. The first-order valence-corrected chi connectivity index (χ1v) is 10.4. The number of carbonyl (C=O) groups excluding carboxylic acids is 2. The van der Waals surface area contributed by atoms with Crippen LogP contribution in [0.5, 0.6) is 5.75 Å². The number of ether oxygens (including phenoxy) is 1. The minimum atomic E-state index is -0.453. The second-order valence-corrected chi connectivity index (χ2v) is 7.85. The molecular formula is C24H25N3O4. The summed E-state index contributed by atoms with van der Waals surface area (Å²) in [6, 6.07) is 16.6. The van der Waals surface area contributed by atoms with Crippen molar-refractivity contribution in [3.63, 3.8) is 0 Å². The van der Waals surface area contributed by atoms with E-state index in [2.05, 4.69) is 10.3 Å². The summed E-state index contributed by atoms with van der Waals surface area (Å²) >= 11 is 0. The van der Waals surface area contributed by atoms with Gasteiger partial charge in [-0.05, 0) is 56.2 Å². The minimum Gasteiger partial charge on any atom is -0.489 e. The maximum atomic E-state index is 12.6. The molecule has 2 aromatic carbocycles. The fourth-order valence-corrected chi connectivity index (χ4v) is 4.16. The third-order valence-electron chi connectivity index (χ3n) is 5.72. The number of nitrogens with one attached hydrogen (secondary N) is 2. The van der Waals surface area contributed by atoms with Gasteiger partial charge >= 0.3 is 0 Å². The summed E-state index contributed by atoms with van der Waals surface area (Å²) in [7, 11) is 0. The molecule has 0 radical (unpaired) electrons. The first-order valence-electron chi connectivity index (χ1n) is 10.4. The molecule has 7 heteroatoms. The molecule has 4 rings (SSSR count). The van der Waals surface area contributed by atoms with Gasteiger partial charge in [0.25, 0.3) is 5.91 Å². The summed E-state index contributed by atoms with van der Waals surface area (Å²) in [5, 5.41) is 12.8. The predicted octanol–water partition coefficient (Wildman–Crippen LogP) is 3.53. The van der Waals surface area contributed by atoms with E-state index >= 15 is 0 Å². The van der Waals surface area contributed by atoms with Crippen LogP contribution < -0.4 is 15.5 Å². The van der Waals surface area contributed by atoms with Crippen LogP contribution in [0.15, 0.2) is 54.6 Å². The third kappa shape index (κ3) is 4.67. The zero-order valence-corrected chi connectivity index (χ0v) is 17.3. The molecular weight excluding hydrogens is 394 g/mol. The molecule has 0 saturated heterocycles. The molecule has 160 valence electrons. The molecule has 7 nitrogen and oxygen atoms in total. The largest absolute Gasteiger partial charge is 0.489 e. The molecule has 1 saturated carbocycles. The van der Waals surface area contributed by atoms with Gasteiger partial charge in [-0.2, -0.15) is 0 Å². The summed E-state index contributed by atoms with van der Waals surface area (Å²) in [4.78, 5) is 28.9. The average molecular weight is 419 g/mol. The number of hydrogen-bond donors (Lipinski definition) is 3. The second-order valence-electron chi connectivity index (χ2n) is 7.85. The predicted molar refractivity (Wildman–Crippen MR) is 116 cm³/mol. The van der Waals surface area contributed by atoms with Crippen LogP contribution in [-0.2, 0) is 11.4 Å². The molecule has 1 aromatic heterocycles. The van der Waals surface area contributed by atoms with Crippen molar-refractivity contribution in [2.45, 2.75) is 38.8 Å². The van der Waals surface area contributed by atoms with Crippen LogP contribution in [0.3, 0.4) is 0 Å². The number of aromatic nitrogens is 1. The monoisotopic (exact) mass is 419 g/mol. The smallest absolute Gasteiger partial charge is 0.251 e. The van der Waals surface area contributed by atoms with Crippen LogP contribution in [0.4, 0.5) is 0 Å². The second kappa shape index (κ2) is 9.14. The van der Waals surface area contributed by atoms with E-state index in [4.69, 9.17) is 9.94 Å².